The van der Waals surface area contributed by atoms with Crippen molar-refractivity contribution in [3.05, 3.63) is 144 Å². The molecule has 0 saturated heterocycles. The quantitative estimate of drug-likeness (QED) is 0.210. The van der Waals surface area contributed by atoms with E-state index >= 15 is 0 Å². The van der Waals surface area contributed by atoms with Gasteiger partial charge in [0.25, 0.3) is 0 Å². The fourth-order valence-electron chi connectivity index (χ4n) is 4.49. The zero-order valence-electron chi connectivity index (χ0n) is 16.9. The summed E-state index contributed by atoms with van der Waals surface area (Å²) in [4.78, 5) is 0. The van der Waals surface area contributed by atoms with Gasteiger partial charge in [0, 0.05) is 0 Å². The van der Waals surface area contributed by atoms with Crippen molar-refractivity contribution in [2.45, 2.75) is 15.9 Å². The minimum absolute atomic E-state index is 1.28. The van der Waals surface area contributed by atoms with Crippen molar-refractivity contribution in [2.24, 2.45) is 0 Å². The van der Waals surface area contributed by atoms with E-state index in [1.54, 1.807) is 0 Å². The summed E-state index contributed by atoms with van der Waals surface area (Å²) in [5, 5.41) is 0. The Hall–Kier alpha value is -2.20. The molecule has 0 unspecified atom stereocenters. The van der Waals surface area contributed by atoms with Crippen LogP contribution in [0.15, 0.2) is 121 Å². The van der Waals surface area contributed by atoms with Crippen LogP contribution in [0.5, 0.6) is 0 Å². The molecule has 4 aromatic rings. The van der Waals surface area contributed by atoms with Gasteiger partial charge in [-0.15, -0.1) is 0 Å². The van der Waals surface area contributed by atoms with Gasteiger partial charge < -0.3 is 0 Å². The molecule has 0 fully saturated rings. The van der Waals surface area contributed by atoms with E-state index in [0.717, 1.165) is 0 Å². The SMILES string of the molecule is c1ccc([CH2][Pb]([CH2]c2ccccc2)([CH2]c2ccccc2)[CH2]c2ccccc2)cc1. The number of hydrogen-bond acceptors (Lipinski definition) is 0. The Balaban J connectivity index is 1.75. The van der Waals surface area contributed by atoms with Gasteiger partial charge in [-0.1, -0.05) is 0 Å². The summed E-state index contributed by atoms with van der Waals surface area (Å²) in [7, 11) is 0. The van der Waals surface area contributed by atoms with E-state index in [-0.39, 0.29) is 0 Å². The van der Waals surface area contributed by atoms with E-state index in [9.17, 15) is 0 Å². The molecular weight excluding hydrogens is 544 g/mol. The van der Waals surface area contributed by atoms with E-state index in [2.05, 4.69) is 121 Å². The molecule has 29 heavy (non-hydrogen) atoms. The molecule has 0 spiro atoms. The summed E-state index contributed by atoms with van der Waals surface area (Å²) in [5.74, 6) is 0. The third-order valence-corrected chi connectivity index (χ3v) is 23.7. The standard InChI is InChI=1S/4C7H7.Pb/c4*1-7-5-3-2-4-6-7;/h4*2-6H,1H2;. The van der Waals surface area contributed by atoms with Gasteiger partial charge in [-0.05, 0) is 0 Å². The van der Waals surface area contributed by atoms with Crippen LogP contribution in [0.4, 0.5) is 0 Å². The summed E-state index contributed by atoms with van der Waals surface area (Å²) in [6.07, 6.45) is 0. The normalized spacial score (nSPS) is 11.3. The zero-order valence-corrected chi connectivity index (χ0v) is 20.8. The summed E-state index contributed by atoms with van der Waals surface area (Å²) in [6.45, 7) is 0. The molecule has 0 aromatic heterocycles. The van der Waals surface area contributed by atoms with Crippen LogP contribution in [-0.4, -0.2) is 21.2 Å². The van der Waals surface area contributed by atoms with Gasteiger partial charge in [0.05, 0.1) is 0 Å². The molecule has 0 amide bonds. The molecule has 0 aliphatic heterocycles. The zero-order chi connectivity index (χ0) is 19.8. The Morgan fingerprint density at radius 1 is 0.310 bits per heavy atom. The number of benzene rings is 4. The van der Waals surface area contributed by atoms with Crippen molar-refractivity contribution in [1.82, 2.24) is 0 Å². The van der Waals surface area contributed by atoms with Crippen LogP contribution in [0.3, 0.4) is 0 Å². The topological polar surface area (TPSA) is 0 Å². The summed E-state index contributed by atoms with van der Waals surface area (Å²) in [5.41, 5.74) is 6.04. The van der Waals surface area contributed by atoms with Gasteiger partial charge in [0.2, 0.25) is 0 Å². The van der Waals surface area contributed by atoms with Crippen LogP contribution in [0, 0.1) is 0 Å². The van der Waals surface area contributed by atoms with Gasteiger partial charge in [0.1, 0.15) is 0 Å². The fourth-order valence-corrected chi connectivity index (χ4v) is 24.5. The van der Waals surface area contributed by atoms with Gasteiger partial charge in [-0.3, -0.25) is 0 Å². The molecule has 0 atom stereocenters. The van der Waals surface area contributed by atoms with E-state index in [0.29, 0.717) is 0 Å². The molecule has 4 aromatic carbocycles. The Kier molecular flexibility index (Phi) is 6.94. The van der Waals surface area contributed by atoms with Gasteiger partial charge in [-0.2, -0.15) is 0 Å². The van der Waals surface area contributed by atoms with Crippen molar-refractivity contribution >= 4 is 21.2 Å². The van der Waals surface area contributed by atoms with Crippen LogP contribution in [0.1, 0.15) is 22.3 Å². The molecule has 0 heterocycles. The van der Waals surface area contributed by atoms with Gasteiger partial charge in [-0.25, -0.2) is 0 Å². The molecule has 144 valence electrons. The molecule has 0 saturated carbocycles. The van der Waals surface area contributed by atoms with Crippen molar-refractivity contribution in [3.8, 4) is 0 Å². The molecule has 0 aliphatic rings. The van der Waals surface area contributed by atoms with E-state index in [1.165, 1.54) is 38.2 Å². The molecule has 0 aliphatic carbocycles. The van der Waals surface area contributed by atoms with E-state index in [4.69, 9.17) is 0 Å². The minimum atomic E-state index is -2.88. The average molecular weight is 572 g/mol. The second-order valence-corrected chi connectivity index (χ2v) is 25.3. The molecular formula is C28H28Pb. The first-order valence-electron chi connectivity index (χ1n) is 10.5. The van der Waals surface area contributed by atoms with Crippen LogP contribution in [0.2, 0.25) is 0 Å². The Morgan fingerprint density at radius 3 is 0.724 bits per heavy atom. The third kappa shape index (κ3) is 5.89. The van der Waals surface area contributed by atoms with E-state index < -0.39 is 21.2 Å². The van der Waals surface area contributed by atoms with Crippen LogP contribution < -0.4 is 0 Å². The Morgan fingerprint density at radius 2 is 0.517 bits per heavy atom. The van der Waals surface area contributed by atoms with Crippen molar-refractivity contribution in [2.75, 3.05) is 0 Å². The predicted octanol–water partition coefficient (Wildman–Crippen LogP) is 6.56. The summed E-state index contributed by atoms with van der Waals surface area (Å²) < 4.78 is 5.14. The monoisotopic (exact) mass is 572 g/mol. The van der Waals surface area contributed by atoms with Crippen LogP contribution >= 0.6 is 0 Å². The maximum absolute atomic E-state index is 2.88. The second kappa shape index (κ2) is 10.0. The van der Waals surface area contributed by atoms with E-state index in [1.807, 2.05) is 0 Å². The summed E-state index contributed by atoms with van der Waals surface area (Å²) in [6, 6.07) is 44.7. The first kappa shape index (κ1) is 20.1. The summed E-state index contributed by atoms with van der Waals surface area (Å²) >= 11 is -2.88. The van der Waals surface area contributed by atoms with Gasteiger partial charge >= 0.3 is 181 Å². The fraction of sp³-hybridized carbons (Fsp3) is 0.143. The predicted molar refractivity (Wildman–Crippen MR) is 126 cm³/mol. The van der Waals surface area contributed by atoms with Gasteiger partial charge in [0.15, 0.2) is 0 Å². The Bertz CT molecular complexity index is 808. The molecule has 0 N–H and O–H groups in total. The molecule has 0 radical (unpaired) electrons. The molecule has 1 heteroatoms. The molecule has 0 nitrogen and oxygen atoms in total. The number of hydrogen-bond donors (Lipinski definition) is 0. The third-order valence-electron chi connectivity index (χ3n) is 5.69. The average Bonchev–Trinajstić information content (AvgIpc) is 2.76. The molecule has 0 bridgehead atoms. The molecule has 4 rings (SSSR count). The first-order valence-corrected chi connectivity index (χ1v) is 21.5. The van der Waals surface area contributed by atoms with Crippen molar-refractivity contribution in [1.29, 1.82) is 0 Å². The second-order valence-electron chi connectivity index (χ2n) is 8.15. The van der Waals surface area contributed by atoms with Crippen molar-refractivity contribution in [3.63, 3.8) is 0 Å². The van der Waals surface area contributed by atoms with Crippen LogP contribution in [-0.2, 0) is 15.9 Å². The van der Waals surface area contributed by atoms with Crippen LogP contribution in [0.25, 0.3) is 0 Å². The van der Waals surface area contributed by atoms with Crippen molar-refractivity contribution < 1.29 is 0 Å². The number of rotatable bonds is 8. The first-order chi connectivity index (χ1) is 14.3. The maximum atomic E-state index is 2.33. The Labute approximate surface area is 179 Å².